The first kappa shape index (κ1) is 13.5. The molecule has 1 atom stereocenters. The third kappa shape index (κ3) is 2.90. The Balaban J connectivity index is 2.05. The van der Waals surface area contributed by atoms with E-state index in [0.717, 1.165) is 19.4 Å². The molecule has 0 amide bonds. The van der Waals surface area contributed by atoms with Gasteiger partial charge in [-0.25, -0.2) is 13.4 Å². The molecule has 1 aliphatic rings. The second-order valence-corrected chi connectivity index (χ2v) is 6.78. The minimum Gasteiger partial charge on any atom is -0.332 e. The smallest absolute Gasteiger partial charge is 0.259 e. The van der Waals surface area contributed by atoms with Crippen LogP contribution in [0.1, 0.15) is 25.1 Å². The van der Waals surface area contributed by atoms with Crippen LogP contribution in [-0.2, 0) is 10.0 Å². The van der Waals surface area contributed by atoms with E-state index in [9.17, 15) is 8.42 Å². The summed E-state index contributed by atoms with van der Waals surface area (Å²) in [4.78, 5) is 6.71. The SMILES string of the molecule is Cc1ncc(S(=O)(=O)N(C)CC2CCCCN2)[nH]1. The van der Waals surface area contributed by atoms with Gasteiger partial charge in [-0.1, -0.05) is 6.42 Å². The second-order valence-electron chi connectivity index (χ2n) is 4.77. The minimum absolute atomic E-state index is 0.165. The van der Waals surface area contributed by atoms with Gasteiger partial charge in [-0.2, -0.15) is 4.31 Å². The molecule has 0 bridgehead atoms. The maximum Gasteiger partial charge on any atom is 0.259 e. The molecule has 0 aromatic carbocycles. The molecule has 0 spiro atoms. The van der Waals surface area contributed by atoms with Crippen molar-refractivity contribution >= 4 is 10.0 Å². The van der Waals surface area contributed by atoms with Gasteiger partial charge in [0, 0.05) is 19.6 Å². The number of aryl methyl sites for hydroxylation is 1. The summed E-state index contributed by atoms with van der Waals surface area (Å²) in [6.45, 7) is 3.21. The molecule has 7 heteroatoms. The van der Waals surface area contributed by atoms with Crippen LogP contribution in [-0.4, -0.2) is 48.9 Å². The van der Waals surface area contributed by atoms with Gasteiger partial charge >= 0.3 is 0 Å². The van der Waals surface area contributed by atoms with Gasteiger partial charge in [0.05, 0.1) is 6.20 Å². The molecule has 1 aliphatic heterocycles. The fourth-order valence-electron chi connectivity index (χ4n) is 2.19. The Bertz CT molecular complexity index is 491. The number of likely N-dealkylation sites (N-methyl/N-ethyl adjacent to an activating group) is 1. The molecule has 1 fully saturated rings. The van der Waals surface area contributed by atoms with E-state index < -0.39 is 10.0 Å². The second kappa shape index (κ2) is 5.38. The van der Waals surface area contributed by atoms with E-state index in [-0.39, 0.29) is 11.1 Å². The van der Waals surface area contributed by atoms with Crippen molar-refractivity contribution in [3.05, 3.63) is 12.0 Å². The van der Waals surface area contributed by atoms with E-state index in [1.54, 1.807) is 14.0 Å². The van der Waals surface area contributed by atoms with Crippen LogP contribution in [0.2, 0.25) is 0 Å². The zero-order valence-electron chi connectivity index (χ0n) is 10.8. The fraction of sp³-hybridized carbons (Fsp3) is 0.727. The van der Waals surface area contributed by atoms with Gasteiger partial charge in [0.15, 0.2) is 5.03 Å². The lowest BCUT2D eigenvalue weighted by Crippen LogP contribution is -2.44. The molecule has 1 unspecified atom stereocenters. The average molecular weight is 272 g/mol. The zero-order chi connectivity index (χ0) is 13.2. The van der Waals surface area contributed by atoms with Crippen LogP contribution in [0, 0.1) is 6.92 Å². The highest BCUT2D eigenvalue weighted by Crippen LogP contribution is 2.14. The molecule has 6 nitrogen and oxygen atoms in total. The number of nitrogens with one attached hydrogen (secondary N) is 2. The summed E-state index contributed by atoms with van der Waals surface area (Å²) in [6.07, 6.45) is 4.73. The summed E-state index contributed by atoms with van der Waals surface area (Å²) in [5.74, 6) is 0.609. The van der Waals surface area contributed by atoms with Gasteiger partial charge < -0.3 is 10.3 Å². The first-order chi connectivity index (χ1) is 8.50. The van der Waals surface area contributed by atoms with Crippen molar-refractivity contribution < 1.29 is 8.42 Å². The fourth-order valence-corrected chi connectivity index (χ4v) is 3.36. The van der Waals surface area contributed by atoms with Crippen molar-refractivity contribution in [3.63, 3.8) is 0 Å². The summed E-state index contributed by atoms with van der Waals surface area (Å²) < 4.78 is 25.9. The molecule has 2 heterocycles. The van der Waals surface area contributed by atoms with E-state index in [0.29, 0.717) is 12.4 Å². The van der Waals surface area contributed by atoms with Crippen molar-refractivity contribution in [2.24, 2.45) is 0 Å². The van der Waals surface area contributed by atoms with Crippen LogP contribution < -0.4 is 5.32 Å². The number of piperidine rings is 1. The highest BCUT2D eigenvalue weighted by atomic mass is 32.2. The Hall–Kier alpha value is -0.920. The van der Waals surface area contributed by atoms with E-state index in [4.69, 9.17) is 0 Å². The first-order valence-electron chi connectivity index (χ1n) is 6.21. The Morgan fingerprint density at radius 3 is 2.83 bits per heavy atom. The number of aromatic amines is 1. The van der Waals surface area contributed by atoms with Crippen LogP contribution in [0.4, 0.5) is 0 Å². The third-order valence-electron chi connectivity index (χ3n) is 3.26. The molecular formula is C11H20N4O2S. The van der Waals surface area contributed by atoms with Crippen molar-refractivity contribution in [3.8, 4) is 0 Å². The van der Waals surface area contributed by atoms with E-state index in [1.165, 1.54) is 16.9 Å². The van der Waals surface area contributed by atoms with Gasteiger partial charge in [-0.15, -0.1) is 0 Å². The highest BCUT2D eigenvalue weighted by molar-refractivity contribution is 7.89. The predicted octanol–water partition coefficient (Wildman–Crippen LogP) is 0.481. The Morgan fingerprint density at radius 1 is 1.50 bits per heavy atom. The number of aromatic nitrogens is 2. The maximum atomic E-state index is 12.2. The molecule has 2 N–H and O–H groups in total. The van der Waals surface area contributed by atoms with Crippen LogP contribution in [0.5, 0.6) is 0 Å². The zero-order valence-corrected chi connectivity index (χ0v) is 11.6. The first-order valence-corrected chi connectivity index (χ1v) is 7.65. The standard InChI is InChI=1S/C11H20N4O2S/c1-9-13-7-11(14-9)18(16,17)15(2)8-10-5-3-4-6-12-10/h7,10,12H,3-6,8H2,1-2H3,(H,13,14). The summed E-state index contributed by atoms with van der Waals surface area (Å²) in [5.41, 5.74) is 0. The van der Waals surface area contributed by atoms with Crippen molar-refractivity contribution in [1.29, 1.82) is 0 Å². The summed E-state index contributed by atoms with van der Waals surface area (Å²) in [5, 5.41) is 3.51. The van der Waals surface area contributed by atoms with Crippen LogP contribution >= 0.6 is 0 Å². The topological polar surface area (TPSA) is 78.1 Å². The molecule has 1 aromatic heterocycles. The predicted molar refractivity (Wildman–Crippen MR) is 68.8 cm³/mol. The van der Waals surface area contributed by atoms with Crippen LogP contribution in [0.25, 0.3) is 0 Å². The molecule has 102 valence electrons. The lowest BCUT2D eigenvalue weighted by atomic mass is 10.1. The number of hydrogen-bond acceptors (Lipinski definition) is 4. The van der Waals surface area contributed by atoms with Gasteiger partial charge in [0.25, 0.3) is 10.0 Å². The molecule has 0 saturated carbocycles. The lowest BCUT2D eigenvalue weighted by Gasteiger charge is -2.27. The minimum atomic E-state index is -3.44. The van der Waals surface area contributed by atoms with E-state index in [2.05, 4.69) is 15.3 Å². The molecule has 2 rings (SSSR count). The Morgan fingerprint density at radius 2 is 2.28 bits per heavy atom. The average Bonchev–Trinajstić information content (AvgIpc) is 2.78. The molecular weight excluding hydrogens is 252 g/mol. The van der Waals surface area contributed by atoms with E-state index in [1.807, 2.05) is 0 Å². The Labute approximate surface area is 108 Å². The van der Waals surface area contributed by atoms with Crippen molar-refractivity contribution in [1.82, 2.24) is 19.6 Å². The quantitative estimate of drug-likeness (QED) is 0.835. The maximum absolute atomic E-state index is 12.2. The van der Waals surface area contributed by atoms with Crippen LogP contribution in [0.3, 0.4) is 0 Å². The Kier molecular flexibility index (Phi) is 4.04. The molecule has 0 aliphatic carbocycles. The number of H-pyrrole nitrogens is 1. The van der Waals surface area contributed by atoms with Gasteiger partial charge in [-0.3, -0.25) is 0 Å². The normalized spacial score (nSPS) is 21.4. The molecule has 18 heavy (non-hydrogen) atoms. The van der Waals surface area contributed by atoms with Gasteiger partial charge in [0.2, 0.25) is 0 Å². The molecule has 1 saturated heterocycles. The third-order valence-corrected chi connectivity index (χ3v) is 4.99. The summed E-state index contributed by atoms with van der Waals surface area (Å²) >= 11 is 0. The van der Waals surface area contributed by atoms with Crippen molar-refractivity contribution in [2.75, 3.05) is 20.1 Å². The summed E-state index contributed by atoms with van der Waals surface area (Å²) in [6, 6.07) is 0.252. The van der Waals surface area contributed by atoms with Crippen molar-refractivity contribution in [2.45, 2.75) is 37.3 Å². The number of rotatable bonds is 4. The number of hydrogen-bond donors (Lipinski definition) is 2. The van der Waals surface area contributed by atoms with E-state index >= 15 is 0 Å². The highest BCUT2D eigenvalue weighted by Gasteiger charge is 2.25. The monoisotopic (exact) mass is 272 g/mol. The van der Waals surface area contributed by atoms with Gasteiger partial charge in [-0.05, 0) is 26.3 Å². The number of imidazole rings is 1. The number of sulfonamides is 1. The lowest BCUT2D eigenvalue weighted by molar-refractivity contribution is 0.337. The van der Waals surface area contributed by atoms with Crippen LogP contribution in [0.15, 0.2) is 11.2 Å². The number of nitrogens with zero attached hydrogens (tertiary/aromatic N) is 2. The summed E-state index contributed by atoms with van der Waals surface area (Å²) in [7, 11) is -1.83. The van der Waals surface area contributed by atoms with Gasteiger partial charge in [0.1, 0.15) is 5.82 Å². The molecule has 0 radical (unpaired) electrons. The largest absolute Gasteiger partial charge is 0.332 e. The molecule has 1 aromatic rings.